The summed E-state index contributed by atoms with van der Waals surface area (Å²) in [5.41, 5.74) is 4.68. The normalized spacial score (nSPS) is 15.7. The Hall–Kier alpha value is -2.66. The highest BCUT2D eigenvalue weighted by atomic mass is 16.2. The summed E-state index contributed by atoms with van der Waals surface area (Å²) in [7, 11) is 0. The summed E-state index contributed by atoms with van der Waals surface area (Å²) in [6.45, 7) is 8.23. The molecule has 1 aliphatic heterocycles. The smallest absolute Gasteiger partial charge is 0.234 e. The summed E-state index contributed by atoms with van der Waals surface area (Å²) in [6, 6.07) is 16.7. The molecule has 0 spiro atoms. The maximum Gasteiger partial charge on any atom is 0.234 e. The SMILES string of the molecule is Cc1ccc(CNC(=O)CN2CCC(Cn3c(C)nc4ccccc43)CC2)cc1. The lowest BCUT2D eigenvalue weighted by molar-refractivity contribution is -0.122. The Balaban J connectivity index is 1.24. The van der Waals surface area contributed by atoms with Gasteiger partial charge < -0.3 is 9.88 Å². The standard InChI is InChI=1S/C24H30N4O/c1-18-7-9-20(10-8-18)15-25-24(29)17-27-13-11-21(12-14-27)16-28-19(2)26-22-5-3-4-6-23(22)28/h3-10,21H,11-17H2,1-2H3,(H,25,29). The van der Waals surface area contributed by atoms with E-state index in [0.717, 1.165) is 49.4 Å². The first-order chi connectivity index (χ1) is 14.1. The fourth-order valence-corrected chi connectivity index (χ4v) is 4.18. The van der Waals surface area contributed by atoms with Crippen molar-refractivity contribution in [3.63, 3.8) is 0 Å². The van der Waals surface area contributed by atoms with E-state index in [1.54, 1.807) is 0 Å². The molecule has 0 bridgehead atoms. The van der Waals surface area contributed by atoms with Crippen molar-refractivity contribution in [1.82, 2.24) is 19.8 Å². The Bertz CT molecular complexity index is 968. The van der Waals surface area contributed by atoms with Crippen LogP contribution >= 0.6 is 0 Å². The predicted molar refractivity (Wildman–Crippen MR) is 117 cm³/mol. The number of amides is 1. The molecule has 1 N–H and O–H groups in total. The number of rotatable bonds is 6. The molecule has 1 amide bonds. The summed E-state index contributed by atoms with van der Waals surface area (Å²) in [6.07, 6.45) is 2.24. The van der Waals surface area contributed by atoms with Gasteiger partial charge in [-0.3, -0.25) is 9.69 Å². The molecule has 5 heteroatoms. The lowest BCUT2D eigenvalue weighted by atomic mass is 9.96. The number of likely N-dealkylation sites (tertiary alicyclic amines) is 1. The average Bonchev–Trinajstić information content (AvgIpc) is 3.04. The van der Waals surface area contributed by atoms with Gasteiger partial charge in [-0.2, -0.15) is 0 Å². The van der Waals surface area contributed by atoms with E-state index in [0.29, 0.717) is 19.0 Å². The molecule has 29 heavy (non-hydrogen) atoms. The molecule has 0 atom stereocenters. The quantitative estimate of drug-likeness (QED) is 0.698. The molecule has 0 radical (unpaired) electrons. The minimum atomic E-state index is 0.112. The molecule has 2 heterocycles. The molecule has 4 rings (SSSR count). The van der Waals surface area contributed by atoms with Gasteiger partial charge >= 0.3 is 0 Å². The number of nitrogens with zero attached hydrogens (tertiary/aromatic N) is 3. The molecule has 0 aliphatic carbocycles. The van der Waals surface area contributed by atoms with Crippen LogP contribution in [0.25, 0.3) is 11.0 Å². The molecular formula is C24H30N4O. The highest BCUT2D eigenvalue weighted by Crippen LogP contribution is 2.23. The van der Waals surface area contributed by atoms with Crippen LogP contribution in [0.5, 0.6) is 0 Å². The van der Waals surface area contributed by atoms with Crippen molar-refractivity contribution in [3.8, 4) is 0 Å². The van der Waals surface area contributed by atoms with E-state index >= 15 is 0 Å². The number of aryl methyl sites for hydroxylation is 2. The molecule has 5 nitrogen and oxygen atoms in total. The third-order valence-electron chi connectivity index (χ3n) is 5.97. The lowest BCUT2D eigenvalue weighted by Crippen LogP contribution is -2.41. The Morgan fingerprint density at radius 1 is 1.07 bits per heavy atom. The first-order valence-corrected chi connectivity index (χ1v) is 10.5. The summed E-state index contributed by atoms with van der Waals surface area (Å²) in [5.74, 6) is 1.84. The molecule has 1 saturated heterocycles. The van der Waals surface area contributed by atoms with Crippen LogP contribution in [0.4, 0.5) is 0 Å². The molecule has 0 unspecified atom stereocenters. The summed E-state index contributed by atoms with van der Waals surface area (Å²) >= 11 is 0. The maximum absolute atomic E-state index is 12.3. The summed E-state index contributed by atoms with van der Waals surface area (Å²) in [4.78, 5) is 19.3. The zero-order valence-electron chi connectivity index (χ0n) is 17.4. The number of imidazole rings is 1. The van der Waals surface area contributed by atoms with Gasteiger partial charge in [0.25, 0.3) is 0 Å². The zero-order valence-corrected chi connectivity index (χ0v) is 17.4. The number of carbonyl (C=O) groups excluding carboxylic acids is 1. The number of carbonyl (C=O) groups is 1. The van der Waals surface area contributed by atoms with Gasteiger partial charge in [-0.15, -0.1) is 0 Å². The van der Waals surface area contributed by atoms with Crippen molar-refractivity contribution in [1.29, 1.82) is 0 Å². The van der Waals surface area contributed by atoms with Gasteiger partial charge in [0.15, 0.2) is 0 Å². The number of benzene rings is 2. The number of para-hydroxylation sites is 2. The van der Waals surface area contributed by atoms with E-state index in [-0.39, 0.29) is 5.91 Å². The fraction of sp³-hybridized carbons (Fsp3) is 0.417. The van der Waals surface area contributed by atoms with Crippen molar-refractivity contribution >= 4 is 16.9 Å². The number of aromatic nitrogens is 2. The Kier molecular flexibility index (Phi) is 5.95. The van der Waals surface area contributed by atoms with E-state index < -0.39 is 0 Å². The number of piperidine rings is 1. The monoisotopic (exact) mass is 390 g/mol. The van der Waals surface area contributed by atoms with Crippen LogP contribution in [0.1, 0.15) is 29.8 Å². The number of hydrogen-bond donors (Lipinski definition) is 1. The van der Waals surface area contributed by atoms with Crippen LogP contribution in [0.15, 0.2) is 48.5 Å². The first-order valence-electron chi connectivity index (χ1n) is 10.5. The van der Waals surface area contributed by atoms with Crippen LogP contribution in [-0.4, -0.2) is 40.0 Å². The van der Waals surface area contributed by atoms with E-state index in [9.17, 15) is 4.79 Å². The average molecular weight is 391 g/mol. The van der Waals surface area contributed by atoms with E-state index in [2.05, 4.69) is 76.1 Å². The molecule has 2 aromatic carbocycles. The Morgan fingerprint density at radius 2 is 1.79 bits per heavy atom. The van der Waals surface area contributed by atoms with E-state index in [1.165, 1.54) is 11.1 Å². The number of hydrogen-bond acceptors (Lipinski definition) is 3. The largest absolute Gasteiger partial charge is 0.351 e. The van der Waals surface area contributed by atoms with Gasteiger partial charge in [0, 0.05) is 13.1 Å². The van der Waals surface area contributed by atoms with Crippen LogP contribution < -0.4 is 5.32 Å². The van der Waals surface area contributed by atoms with Gasteiger partial charge in [-0.25, -0.2) is 4.98 Å². The van der Waals surface area contributed by atoms with Gasteiger partial charge in [-0.05, 0) is 63.4 Å². The van der Waals surface area contributed by atoms with E-state index in [1.807, 2.05) is 6.07 Å². The molecule has 1 aromatic heterocycles. The molecule has 1 fully saturated rings. The van der Waals surface area contributed by atoms with Crippen LogP contribution in [0, 0.1) is 19.8 Å². The molecule has 0 saturated carbocycles. The van der Waals surface area contributed by atoms with Crippen molar-refractivity contribution in [2.45, 2.75) is 39.8 Å². The number of nitrogens with one attached hydrogen (secondary N) is 1. The van der Waals surface area contributed by atoms with Gasteiger partial charge in [0.05, 0.1) is 17.6 Å². The van der Waals surface area contributed by atoms with Crippen LogP contribution in [0.2, 0.25) is 0 Å². The molecule has 3 aromatic rings. The third-order valence-corrected chi connectivity index (χ3v) is 5.97. The second kappa shape index (κ2) is 8.78. The Labute approximate surface area is 172 Å². The maximum atomic E-state index is 12.3. The highest BCUT2D eigenvalue weighted by Gasteiger charge is 2.22. The van der Waals surface area contributed by atoms with Gasteiger partial charge in [0.2, 0.25) is 5.91 Å². The molecule has 152 valence electrons. The highest BCUT2D eigenvalue weighted by molar-refractivity contribution is 5.78. The van der Waals surface area contributed by atoms with Crippen molar-refractivity contribution in [2.75, 3.05) is 19.6 Å². The first kappa shape index (κ1) is 19.6. The second-order valence-electron chi connectivity index (χ2n) is 8.24. The number of fused-ring (bicyclic) bond motifs is 1. The second-order valence-corrected chi connectivity index (χ2v) is 8.24. The van der Waals surface area contributed by atoms with Gasteiger partial charge in [0.1, 0.15) is 5.82 Å². The topological polar surface area (TPSA) is 50.2 Å². The summed E-state index contributed by atoms with van der Waals surface area (Å²) in [5, 5.41) is 3.05. The predicted octanol–water partition coefficient (Wildman–Crippen LogP) is 3.68. The minimum absolute atomic E-state index is 0.112. The van der Waals surface area contributed by atoms with Crippen molar-refractivity contribution in [3.05, 3.63) is 65.5 Å². The van der Waals surface area contributed by atoms with E-state index in [4.69, 9.17) is 0 Å². The molecule has 1 aliphatic rings. The lowest BCUT2D eigenvalue weighted by Gasteiger charge is -2.31. The Morgan fingerprint density at radius 3 is 2.55 bits per heavy atom. The fourth-order valence-electron chi connectivity index (χ4n) is 4.18. The van der Waals surface area contributed by atoms with Crippen LogP contribution in [-0.2, 0) is 17.9 Å². The zero-order chi connectivity index (χ0) is 20.2. The van der Waals surface area contributed by atoms with Crippen LogP contribution in [0.3, 0.4) is 0 Å². The van der Waals surface area contributed by atoms with Crippen molar-refractivity contribution < 1.29 is 4.79 Å². The molecular weight excluding hydrogens is 360 g/mol. The summed E-state index contributed by atoms with van der Waals surface area (Å²) < 4.78 is 2.35. The minimum Gasteiger partial charge on any atom is -0.351 e. The van der Waals surface area contributed by atoms with Gasteiger partial charge in [-0.1, -0.05) is 42.0 Å². The third kappa shape index (κ3) is 4.85. The van der Waals surface area contributed by atoms with Crippen molar-refractivity contribution in [2.24, 2.45) is 5.92 Å².